The van der Waals surface area contributed by atoms with Crippen LogP contribution < -0.4 is 5.32 Å². The summed E-state index contributed by atoms with van der Waals surface area (Å²) in [5, 5.41) is 2.84. The van der Waals surface area contributed by atoms with Gasteiger partial charge in [0.2, 0.25) is 0 Å². The first-order valence-corrected chi connectivity index (χ1v) is 6.77. The van der Waals surface area contributed by atoms with Crippen molar-refractivity contribution in [2.45, 2.75) is 47.1 Å². The Morgan fingerprint density at radius 3 is 2.26 bits per heavy atom. The van der Waals surface area contributed by atoms with E-state index < -0.39 is 6.04 Å². The van der Waals surface area contributed by atoms with E-state index in [2.05, 4.69) is 5.32 Å². The van der Waals surface area contributed by atoms with Gasteiger partial charge in [0.05, 0.1) is 6.04 Å². The third-order valence-electron chi connectivity index (χ3n) is 3.42. The van der Waals surface area contributed by atoms with Crippen molar-refractivity contribution in [3.05, 3.63) is 34.9 Å². The van der Waals surface area contributed by atoms with Gasteiger partial charge in [-0.05, 0) is 43.0 Å². The van der Waals surface area contributed by atoms with Crippen LogP contribution in [-0.4, -0.2) is 17.7 Å². The van der Waals surface area contributed by atoms with Crippen LogP contribution in [0.3, 0.4) is 0 Å². The summed E-state index contributed by atoms with van der Waals surface area (Å²) in [7, 11) is 0. The number of rotatable bonds is 5. The summed E-state index contributed by atoms with van der Waals surface area (Å²) < 4.78 is 0. The van der Waals surface area contributed by atoms with Gasteiger partial charge in [0.25, 0.3) is 5.91 Å². The molecule has 0 radical (unpaired) electrons. The van der Waals surface area contributed by atoms with Gasteiger partial charge in [0.15, 0.2) is 5.78 Å². The van der Waals surface area contributed by atoms with E-state index in [9.17, 15) is 9.59 Å². The van der Waals surface area contributed by atoms with E-state index in [0.717, 1.165) is 11.1 Å². The minimum Gasteiger partial charge on any atom is -0.342 e. The number of amides is 1. The highest BCUT2D eigenvalue weighted by molar-refractivity contribution is 5.98. The Morgan fingerprint density at radius 2 is 1.79 bits per heavy atom. The van der Waals surface area contributed by atoms with Gasteiger partial charge in [0.1, 0.15) is 0 Å². The molecule has 0 saturated heterocycles. The van der Waals surface area contributed by atoms with Crippen molar-refractivity contribution < 1.29 is 9.59 Å². The van der Waals surface area contributed by atoms with E-state index in [-0.39, 0.29) is 17.6 Å². The lowest BCUT2D eigenvalue weighted by Crippen LogP contribution is -2.44. The topological polar surface area (TPSA) is 46.2 Å². The van der Waals surface area contributed by atoms with Crippen LogP contribution in [0.4, 0.5) is 0 Å². The minimum atomic E-state index is -0.404. The van der Waals surface area contributed by atoms with Gasteiger partial charge in [0, 0.05) is 12.0 Å². The van der Waals surface area contributed by atoms with Crippen LogP contribution in [0.15, 0.2) is 18.2 Å². The molecule has 19 heavy (non-hydrogen) atoms. The van der Waals surface area contributed by atoms with Gasteiger partial charge in [-0.3, -0.25) is 9.59 Å². The summed E-state index contributed by atoms with van der Waals surface area (Å²) in [6.07, 6.45) is 0.441. The van der Waals surface area contributed by atoms with Gasteiger partial charge in [-0.25, -0.2) is 0 Å². The Hall–Kier alpha value is -1.64. The fourth-order valence-corrected chi connectivity index (χ4v) is 1.95. The van der Waals surface area contributed by atoms with Crippen molar-refractivity contribution in [3.63, 3.8) is 0 Å². The third-order valence-corrected chi connectivity index (χ3v) is 3.42. The summed E-state index contributed by atoms with van der Waals surface area (Å²) in [6, 6.07) is 5.18. The lowest BCUT2D eigenvalue weighted by molar-refractivity contribution is -0.121. The van der Waals surface area contributed by atoms with Crippen molar-refractivity contribution >= 4 is 11.7 Å². The van der Waals surface area contributed by atoms with Crippen LogP contribution in [0.2, 0.25) is 0 Å². The molecule has 0 fully saturated rings. The van der Waals surface area contributed by atoms with Crippen LogP contribution in [0.5, 0.6) is 0 Å². The molecule has 1 aromatic rings. The molecular formula is C16H23NO2. The van der Waals surface area contributed by atoms with E-state index in [1.54, 1.807) is 6.07 Å². The predicted molar refractivity (Wildman–Crippen MR) is 77.3 cm³/mol. The second-order valence-electron chi connectivity index (χ2n) is 5.31. The molecule has 1 N–H and O–H groups in total. The van der Waals surface area contributed by atoms with Crippen LogP contribution in [-0.2, 0) is 4.79 Å². The standard InChI is InChI=1S/C16H23NO2/c1-6-14(18)15(10(2)3)17-16(19)13-8-7-11(4)12(5)9-13/h7-10,15H,6H2,1-5H3,(H,17,19)/t15-/m1/s1. The van der Waals surface area contributed by atoms with Crippen LogP contribution in [0, 0.1) is 19.8 Å². The second kappa shape index (κ2) is 6.50. The molecule has 0 aliphatic rings. The van der Waals surface area contributed by atoms with Gasteiger partial charge in [-0.15, -0.1) is 0 Å². The maximum atomic E-state index is 12.2. The van der Waals surface area contributed by atoms with Crippen molar-refractivity contribution in [1.29, 1.82) is 0 Å². The quantitative estimate of drug-likeness (QED) is 0.885. The lowest BCUT2D eigenvalue weighted by atomic mass is 9.97. The Labute approximate surface area is 115 Å². The molecule has 0 aliphatic carbocycles. The molecule has 0 unspecified atom stereocenters. The Bertz CT molecular complexity index is 478. The molecule has 0 heterocycles. The zero-order valence-electron chi connectivity index (χ0n) is 12.4. The number of hydrogen-bond donors (Lipinski definition) is 1. The predicted octanol–water partition coefficient (Wildman–Crippen LogP) is 3.04. The van der Waals surface area contributed by atoms with Crippen molar-refractivity contribution in [2.24, 2.45) is 5.92 Å². The number of nitrogens with one attached hydrogen (secondary N) is 1. The van der Waals surface area contributed by atoms with Crippen molar-refractivity contribution in [2.75, 3.05) is 0 Å². The largest absolute Gasteiger partial charge is 0.342 e. The SMILES string of the molecule is CCC(=O)[C@H](NC(=O)c1ccc(C)c(C)c1)C(C)C. The van der Waals surface area contributed by atoms with Crippen LogP contribution in [0.25, 0.3) is 0 Å². The summed E-state index contributed by atoms with van der Waals surface area (Å²) in [5.74, 6) is -0.00118. The first-order valence-electron chi connectivity index (χ1n) is 6.77. The fourth-order valence-electron chi connectivity index (χ4n) is 1.95. The molecule has 0 spiro atoms. The van der Waals surface area contributed by atoms with Gasteiger partial charge in [-0.1, -0.05) is 26.8 Å². The van der Waals surface area contributed by atoms with Crippen molar-refractivity contribution in [1.82, 2.24) is 5.32 Å². The molecule has 1 amide bonds. The molecule has 0 bridgehead atoms. The molecule has 0 saturated carbocycles. The Balaban J connectivity index is 2.87. The smallest absolute Gasteiger partial charge is 0.251 e. The van der Waals surface area contributed by atoms with E-state index in [1.165, 1.54) is 0 Å². The van der Waals surface area contributed by atoms with Crippen molar-refractivity contribution in [3.8, 4) is 0 Å². The highest BCUT2D eigenvalue weighted by Crippen LogP contribution is 2.11. The van der Waals surface area contributed by atoms with E-state index >= 15 is 0 Å². The van der Waals surface area contributed by atoms with Gasteiger partial charge in [-0.2, -0.15) is 0 Å². The number of carbonyl (C=O) groups is 2. The molecule has 0 aliphatic heterocycles. The molecule has 104 valence electrons. The maximum Gasteiger partial charge on any atom is 0.251 e. The number of hydrogen-bond acceptors (Lipinski definition) is 2. The highest BCUT2D eigenvalue weighted by Gasteiger charge is 2.23. The molecule has 3 heteroatoms. The van der Waals surface area contributed by atoms with E-state index in [0.29, 0.717) is 12.0 Å². The third kappa shape index (κ3) is 3.91. The summed E-state index contributed by atoms with van der Waals surface area (Å²) >= 11 is 0. The summed E-state index contributed by atoms with van der Waals surface area (Å²) in [6.45, 7) is 9.69. The Morgan fingerprint density at radius 1 is 1.16 bits per heavy atom. The van der Waals surface area contributed by atoms with Gasteiger partial charge >= 0.3 is 0 Å². The van der Waals surface area contributed by atoms with E-state index in [4.69, 9.17) is 0 Å². The van der Waals surface area contributed by atoms with Crippen LogP contribution >= 0.6 is 0 Å². The van der Waals surface area contributed by atoms with Gasteiger partial charge < -0.3 is 5.32 Å². The monoisotopic (exact) mass is 261 g/mol. The van der Waals surface area contributed by atoms with E-state index in [1.807, 2.05) is 46.8 Å². The number of ketones is 1. The molecule has 1 atom stereocenters. The molecule has 1 rings (SSSR count). The minimum absolute atomic E-state index is 0.0761. The zero-order chi connectivity index (χ0) is 14.6. The second-order valence-corrected chi connectivity index (χ2v) is 5.31. The summed E-state index contributed by atoms with van der Waals surface area (Å²) in [4.78, 5) is 24.0. The maximum absolute atomic E-state index is 12.2. The Kier molecular flexibility index (Phi) is 5.28. The highest BCUT2D eigenvalue weighted by atomic mass is 16.2. The molecular weight excluding hydrogens is 238 g/mol. The molecule has 0 aromatic heterocycles. The van der Waals surface area contributed by atoms with Crippen LogP contribution in [0.1, 0.15) is 48.7 Å². The lowest BCUT2D eigenvalue weighted by Gasteiger charge is -2.20. The average Bonchev–Trinajstić information content (AvgIpc) is 2.37. The number of benzene rings is 1. The first kappa shape index (κ1) is 15.4. The first-order chi connectivity index (χ1) is 8.86. The average molecular weight is 261 g/mol. The zero-order valence-corrected chi connectivity index (χ0v) is 12.4. The molecule has 3 nitrogen and oxygen atoms in total. The normalized spacial score (nSPS) is 12.3. The fraction of sp³-hybridized carbons (Fsp3) is 0.500. The summed E-state index contributed by atoms with van der Waals surface area (Å²) in [5.41, 5.74) is 2.84. The number of aryl methyl sites for hydroxylation is 2. The number of Topliss-reactive ketones (excluding diaryl/α,β-unsaturated/α-hetero) is 1. The molecule has 1 aromatic carbocycles. The number of carbonyl (C=O) groups excluding carboxylic acids is 2.